The van der Waals surface area contributed by atoms with Crippen molar-refractivity contribution in [1.29, 1.82) is 0 Å². The van der Waals surface area contributed by atoms with E-state index in [2.05, 4.69) is 10.1 Å². The van der Waals surface area contributed by atoms with E-state index in [1.54, 1.807) is 31.2 Å². The van der Waals surface area contributed by atoms with Crippen molar-refractivity contribution >= 4 is 11.6 Å². The number of aromatic nitrogens is 3. The van der Waals surface area contributed by atoms with Crippen LogP contribution < -0.4 is 4.74 Å². The first-order valence-corrected chi connectivity index (χ1v) is 8.62. The molecule has 0 spiro atoms. The molecule has 3 aromatic rings. The number of hydrogen-bond donors (Lipinski definition) is 0. The summed E-state index contributed by atoms with van der Waals surface area (Å²) in [6, 6.07) is 10.1. The molecule has 0 N–H and O–H groups in total. The highest BCUT2D eigenvalue weighted by molar-refractivity contribution is 6.30. The average molecular weight is 412 g/mol. The molecule has 0 aliphatic carbocycles. The lowest BCUT2D eigenvalue weighted by molar-refractivity contribution is -0.141. The van der Waals surface area contributed by atoms with Crippen LogP contribution >= 0.6 is 11.6 Å². The molecule has 0 saturated carbocycles. The summed E-state index contributed by atoms with van der Waals surface area (Å²) in [4.78, 5) is 3.82. The van der Waals surface area contributed by atoms with Crippen LogP contribution in [0.4, 0.5) is 13.2 Å². The van der Waals surface area contributed by atoms with Crippen LogP contribution in [-0.4, -0.2) is 21.9 Å². The summed E-state index contributed by atoms with van der Waals surface area (Å²) in [6.07, 6.45) is -1.87. The van der Waals surface area contributed by atoms with E-state index in [0.29, 0.717) is 10.8 Å². The van der Waals surface area contributed by atoms with Crippen LogP contribution in [-0.2, 0) is 23.1 Å². The lowest BCUT2D eigenvalue weighted by Gasteiger charge is -2.31. The van der Waals surface area contributed by atoms with Gasteiger partial charge in [-0.05, 0) is 48.9 Å². The second-order valence-electron chi connectivity index (χ2n) is 6.29. The summed E-state index contributed by atoms with van der Waals surface area (Å²) in [5, 5.41) is 4.46. The molecule has 0 bridgehead atoms. The average Bonchev–Trinajstić information content (AvgIpc) is 3.15. The second-order valence-corrected chi connectivity index (χ2v) is 6.73. The molecule has 0 aliphatic rings. The zero-order chi connectivity index (χ0) is 20.4. The minimum Gasteiger partial charge on any atom is -0.457 e. The Morgan fingerprint density at radius 3 is 2.29 bits per heavy atom. The fourth-order valence-electron chi connectivity index (χ4n) is 2.80. The number of hydrogen-bond acceptors (Lipinski definition) is 4. The SMILES string of the molecule is CO[C@@](C)(Cn1cncn1)c1ccc(Oc2ccc(Cl)cc2)cc1C(F)(F)F. The van der Waals surface area contributed by atoms with Gasteiger partial charge >= 0.3 is 6.18 Å². The molecule has 3 rings (SSSR count). The largest absolute Gasteiger partial charge is 0.457 e. The van der Waals surface area contributed by atoms with Crippen LogP contribution in [0, 0.1) is 0 Å². The van der Waals surface area contributed by atoms with Crippen molar-refractivity contribution < 1.29 is 22.6 Å². The molecule has 1 aromatic heterocycles. The van der Waals surface area contributed by atoms with Gasteiger partial charge in [0.2, 0.25) is 0 Å². The third kappa shape index (κ3) is 4.45. The highest BCUT2D eigenvalue weighted by Crippen LogP contribution is 2.41. The molecule has 148 valence electrons. The van der Waals surface area contributed by atoms with Crippen molar-refractivity contribution in [2.45, 2.75) is 25.2 Å². The Bertz CT molecular complexity index is 931. The summed E-state index contributed by atoms with van der Waals surface area (Å²) in [5.74, 6) is 0.431. The molecule has 0 radical (unpaired) electrons. The molecule has 0 unspecified atom stereocenters. The van der Waals surface area contributed by atoms with E-state index in [4.69, 9.17) is 21.1 Å². The first-order chi connectivity index (χ1) is 13.2. The lowest BCUT2D eigenvalue weighted by Crippen LogP contribution is -2.33. The Labute approximate surface area is 164 Å². The van der Waals surface area contributed by atoms with E-state index < -0.39 is 17.3 Å². The van der Waals surface area contributed by atoms with Gasteiger partial charge < -0.3 is 9.47 Å². The van der Waals surface area contributed by atoms with Crippen molar-refractivity contribution in [1.82, 2.24) is 14.8 Å². The van der Waals surface area contributed by atoms with Gasteiger partial charge in [0.05, 0.1) is 12.1 Å². The molecule has 9 heteroatoms. The Kier molecular flexibility index (Phi) is 5.62. The molecule has 2 aromatic carbocycles. The van der Waals surface area contributed by atoms with Crippen LogP contribution in [0.5, 0.6) is 11.5 Å². The normalized spacial score (nSPS) is 13.9. The van der Waals surface area contributed by atoms with E-state index in [-0.39, 0.29) is 17.9 Å². The van der Waals surface area contributed by atoms with Crippen molar-refractivity contribution in [2.24, 2.45) is 0 Å². The number of alkyl halides is 3. The lowest BCUT2D eigenvalue weighted by atomic mass is 9.90. The van der Waals surface area contributed by atoms with Crippen molar-refractivity contribution in [2.75, 3.05) is 7.11 Å². The Morgan fingerprint density at radius 2 is 1.71 bits per heavy atom. The fraction of sp³-hybridized carbons (Fsp3) is 0.263. The summed E-state index contributed by atoms with van der Waals surface area (Å²) < 4.78 is 53.8. The minimum atomic E-state index is -4.60. The van der Waals surface area contributed by atoms with E-state index in [0.717, 1.165) is 6.07 Å². The highest BCUT2D eigenvalue weighted by Gasteiger charge is 2.40. The third-order valence-electron chi connectivity index (χ3n) is 4.30. The molecule has 5 nitrogen and oxygen atoms in total. The zero-order valence-electron chi connectivity index (χ0n) is 15.1. The van der Waals surface area contributed by atoms with E-state index in [1.165, 1.54) is 36.6 Å². The first kappa shape index (κ1) is 20.2. The third-order valence-corrected chi connectivity index (χ3v) is 4.55. The first-order valence-electron chi connectivity index (χ1n) is 8.24. The second kappa shape index (κ2) is 7.81. The number of halogens is 4. The van der Waals surface area contributed by atoms with Crippen molar-refractivity contribution in [3.05, 3.63) is 71.3 Å². The van der Waals surface area contributed by atoms with Gasteiger partial charge in [-0.1, -0.05) is 17.7 Å². The van der Waals surface area contributed by atoms with Gasteiger partial charge in [0.25, 0.3) is 0 Å². The fourth-order valence-corrected chi connectivity index (χ4v) is 2.93. The zero-order valence-corrected chi connectivity index (χ0v) is 15.8. The maximum Gasteiger partial charge on any atom is 0.416 e. The minimum absolute atomic E-state index is 0.0264. The van der Waals surface area contributed by atoms with Gasteiger partial charge in [-0.25, -0.2) is 9.67 Å². The molecular formula is C19H17ClF3N3O2. The molecule has 28 heavy (non-hydrogen) atoms. The summed E-state index contributed by atoms with van der Waals surface area (Å²) in [5.41, 5.74) is -2.15. The Morgan fingerprint density at radius 1 is 1.04 bits per heavy atom. The monoisotopic (exact) mass is 411 g/mol. The van der Waals surface area contributed by atoms with Crippen LogP contribution in [0.15, 0.2) is 55.1 Å². The maximum atomic E-state index is 13.8. The van der Waals surface area contributed by atoms with E-state index in [1.807, 2.05) is 0 Å². The summed E-state index contributed by atoms with van der Waals surface area (Å²) >= 11 is 5.82. The topological polar surface area (TPSA) is 49.2 Å². The molecular weight excluding hydrogens is 395 g/mol. The highest BCUT2D eigenvalue weighted by atomic mass is 35.5. The summed E-state index contributed by atoms with van der Waals surface area (Å²) in [7, 11) is 1.36. The van der Waals surface area contributed by atoms with Crippen molar-refractivity contribution in [3.8, 4) is 11.5 Å². The van der Waals surface area contributed by atoms with Gasteiger partial charge in [-0.2, -0.15) is 18.3 Å². The Hall–Kier alpha value is -2.58. The predicted molar refractivity (Wildman–Crippen MR) is 97.4 cm³/mol. The number of ether oxygens (including phenoxy) is 2. The number of methoxy groups -OCH3 is 1. The summed E-state index contributed by atoms with van der Waals surface area (Å²) in [6.45, 7) is 1.63. The van der Waals surface area contributed by atoms with Crippen LogP contribution in [0.25, 0.3) is 0 Å². The van der Waals surface area contributed by atoms with Gasteiger partial charge in [-0.15, -0.1) is 0 Å². The van der Waals surface area contributed by atoms with Gasteiger partial charge in [0.1, 0.15) is 29.8 Å². The van der Waals surface area contributed by atoms with Gasteiger partial charge in [-0.3, -0.25) is 0 Å². The van der Waals surface area contributed by atoms with Crippen LogP contribution in [0.1, 0.15) is 18.1 Å². The standard InChI is InChI=1S/C19H17ClF3N3O2/c1-18(27-2,10-26-12-24-11-25-26)16-8-7-15(9-17(16)19(21,22)23)28-14-5-3-13(20)4-6-14/h3-9,11-12H,10H2,1-2H3/t18-/m0/s1. The molecule has 1 atom stereocenters. The van der Waals surface area contributed by atoms with E-state index >= 15 is 0 Å². The van der Waals surface area contributed by atoms with Gasteiger partial charge in [0, 0.05) is 12.1 Å². The predicted octanol–water partition coefficient (Wildman–Crippen LogP) is 5.30. The molecule has 0 aliphatic heterocycles. The van der Waals surface area contributed by atoms with Crippen LogP contribution in [0.3, 0.4) is 0 Å². The number of nitrogens with zero attached hydrogens (tertiary/aromatic N) is 3. The number of rotatable bonds is 6. The van der Waals surface area contributed by atoms with Crippen LogP contribution in [0.2, 0.25) is 5.02 Å². The molecule has 0 amide bonds. The Balaban J connectivity index is 1.99. The maximum absolute atomic E-state index is 13.8. The molecule has 0 fully saturated rings. The van der Waals surface area contributed by atoms with Gasteiger partial charge in [0.15, 0.2) is 0 Å². The smallest absolute Gasteiger partial charge is 0.416 e. The quantitative estimate of drug-likeness (QED) is 0.552. The molecule has 0 saturated heterocycles. The van der Waals surface area contributed by atoms with Crippen molar-refractivity contribution in [3.63, 3.8) is 0 Å². The van der Waals surface area contributed by atoms with E-state index in [9.17, 15) is 13.2 Å². The number of benzene rings is 2. The molecule has 1 heterocycles.